The molecule has 3 aromatic rings. The summed E-state index contributed by atoms with van der Waals surface area (Å²) in [7, 11) is 1.44. The normalized spacial score (nSPS) is 20.9. The van der Waals surface area contributed by atoms with Gasteiger partial charge in [0.25, 0.3) is 0 Å². The third-order valence-electron chi connectivity index (χ3n) is 5.91. The van der Waals surface area contributed by atoms with E-state index in [0.29, 0.717) is 22.6 Å². The van der Waals surface area contributed by atoms with Crippen LogP contribution >= 0.6 is 0 Å². The Bertz CT molecular complexity index is 1270. The minimum absolute atomic E-state index is 0.00959. The summed E-state index contributed by atoms with van der Waals surface area (Å²) < 4.78 is 23.2. The summed E-state index contributed by atoms with van der Waals surface area (Å²) in [6.45, 7) is -0.331. The molecular formula is C25H22O9. The quantitative estimate of drug-likeness (QED) is 0.456. The third kappa shape index (κ3) is 3.69. The van der Waals surface area contributed by atoms with Crippen molar-refractivity contribution >= 4 is 5.78 Å². The summed E-state index contributed by atoms with van der Waals surface area (Å²) in [6, 6.07) is 12.3. The van der Waals surface area contributed by atoms with Crippen molar-refractivity contribution in [3.05, 3.63) is 65.2 Å². The minimum Gasteiger partial charge on any atom is -0.508 e. The second kappa shape index (κ2) is 8.35. The van der Waals surface area contributed by atoms with Crippen LogP contribution in [-0.2, 0) is 0 Å². The summed E-state index contributed by atoms with van der Waals surface area (Å²) in [5.74, 6) is 0.311. The molecule has 9 nitrogen and oxygen atoms in total. The molecule has 0 aromatic heterocycles. The van der Waals surface area contributed by atoms with E-state index in [1.54, 1.807) is 30.3 Å². The molecule has 0 spiro atoms. The van der Waals surface area contributed by atoms with Crippen LogP contribution in [0.15, 0.2) is 48.5 Å². The van der Waals surface area contributed by atoms with Crippen molar-refractivity contribution in [2.24, 2.45) is 0 Å². The molecule has 0 unspecified atom stereocenters. The van der Waals surface area contributed by atoms with Crippen molar-refractivity contribution in [1.29, 1.82) is 0 Å². The Labute approximate surface area is 194 Å². The van der Waals surface area contributed by atoms with Gasteiger partial charge in [-0.05, 0) is 29.8 Å². The van der Waals surface area contributed by atoms with Crippen molar-refractivity contribution in [3.8, 4) is 40.2 Å². The molecule has 9 heteroatoms. The fourth-order valence-electron chi connectivity index (χ4n) is 4.25. The van der Waals surface area contributed by atoms with E-state index in [-0.39, 0.29) is 53.1 Å². The topological polar surface area (TPSA) is 135 Å². The Hall–Kier alpha value is -4.11. The average Bonchev–Trinajstić information content (AvgIpc) is 2.82. The molecule has 2 heterocycles. The highest BCUT2D eigenvalue weighted by atomic mass is 16.6. The Morgan fingerprint density at radius 3 is 2.44 bits per heavy atom. The summed E-state index contributed by atoms with van der Waals surface area (Å²) in [6.07, 6.45) is -2.06. The zero-order valence-corrected chi connectivity index (χ0v) is 18.1. The molecule has 176 valence electrons. The number of carbonyl (C=O) groups excluding carboxylic acids is 1. The molecule has 3 atom stereocenters. The Balaban J connectivity index is 1.43. The first kappa shape index (κ1) is 21.7. The predicted molar refractivity (Wildman–Crippen MR) is 118 cm³/mol. The predicted octanol–water partition coefficient (Wildman–Crippen LogP) is 3.39. The largest absolute Gasteiger partial charge is 0.508 e. The van der Waals surface area contributed by atoms with Gasteiger partial charge in [0, 0.05) is 17.7 Å². The zero-order valence-electron chi connectivity index (χ0n) is 18.1. The van der Waals surface area contributed by atoms with Crippen LogP contribution in [0.2, 0.25) is 0 Å². The number of hydrogen-bond acceptors (Lipinski definition) is 9. The maximum atomic E-state index is 12.6. The van der Waals surface area contributed by atoms with Gasteiger partial charge in [-0.25, -0.2) is 0 Å². The third-order valence-corrected chi connectivity index (χ3v) is 5.91. The molecule has 0 fully saturated rings. The fraction of sp³-hybridized carbons (Fsp3) is 0.240. The lowest BCUT2D eigenvalue weighted by Gasteiger charge is -2.34. The molecule has 0 saturated carbocycles. The van der Waals surface area contributed by atoms with E-state index in [2.05, 4.69) is 0 Å². The first-order valence-electron chi connectivity index (χ1n) is 10.6. The lowest BCUT2D eigenvalue weighted by atomic mass is 9.95. The smallest absolute Gasteiger partial charge is 0.174 e. The van der Waals surface area contributed by atoms with E-state index in [4.69, 9.17) is 18.9 Å². The second-order valence-corrected chi connectivity index (χ2v) is 8.09. The highest BCUT2D eigenvalue weighted by Crippen LogP contribution is 2.45. The van der Waals surface area contributed by atoms with E-state index in [1.807, 2.05) is 0 Å². The van der Waals surface area contributed by atoms with E-state index in [1.165, 1.54) is 19.2 Å². The Morgan fingerprint density at radius 1 is 0.882 bits per heavy atom. The molecule has 0 bridgehead atoms. The SMILES string of the molecule is COc1cc([C@@H]2Oc3ccc([C@H]4CC(=O)c5c(O)cc(O)cc5O4)cc3O[C@H]2CO)ccc1O. The van der Waals surface area contributed by atoms with Crippen molar-refractivity contribution in [3.63, 3.8) is 0 Å². The second-order valence-electron chi connectivity index (χ2n) is 8.09. The van der Waals surface area contributed by atoms with Crippen LogP contribution in [0, 0.1) is 0 Å². The standard InChI is InChI=1S/C25H22O9/c1-31-20-7-13(2-4-15(20)28)25-23(11-26)33-21-6-12(3-5-18(21)34-25)19-10-17(30)24-16(29)8-14(27)9-22(24)32-19/h2-9,19,23,25-29H,10-11H2,1H3/t19-,23+,25+/m1/s1. The van der Waals surface area contributed by atoms with E-state index in [9.17, 15) is 25.2 Å². The molecular weight excluding hydrogens is 444 g/mol. The number of aliphatic hydroxyl groups is 1. The number of ether oxygens (including phenoxy) is 4. The number of aliphatic hydroxyl groups excluding tert-OH is 1. The first-order valence-corrected chi connectivity index (χ1v) is 10.6. The molecule has 0 amide bonds. The average molecular weight is 466 g/mol. The summed E-state index contributed by atoms with van der Waals surface area (Å²) in [4.78, 5) is 12.6. The number of methoxy groups -OCH3 is 1. The van der Waals surface area contributed by atoms with Gasteiger partial charge in [0.1, 0.15) is 28.9 Å². The van der Waals surface area contributed by atoms with Gasteiger partial charge in [-0.3, -0.25) is 4.79 Å². The van der Waals surface area contributed by atoms with Gasteiger partial charge in [-0.2, -0.15) is 0 Å². The Morgan fingerprint density at radius 2 is 1.68 bits per heavy atom. The lowest BCUT2D eigenvalue weighted by Crippen LogP contribution is -2.36. The molecule has 4 N–H and O–H groups in total. The Kier molecular flexibility index (Phi) is 5.33. The summed E-state index contributed by atoms with van der Waals surface area (Å²) >= 11 is 0. The van der Waals surface area contributed by atoms with Crippen LogP contribution in [0.25, 0.3) is 0 Å². The van der Waals surface area contributed by atoms with Crippen LogP contribution in [0.1, 0.15) is 40.1 Å². The van der Waals surface area contributed by atoms with Crippen LogP contribution < -0.4 is 18.9 Å². The van der Waals surface area contributed by atoms with Crippen molar-refractivity contribution < 1.29 is 44.2 Å². The highest BCUT2D eigenvalue weighted by Gasteiger charge is 2.35. The van der Waals surface area contributed by atoms with Crippen molar-refractivity contribution in [2.75, 3.05) is 13.7 Å². The molecule has 3 aromatic carbocycles. The maximum Gasteiger partial charge on any atom is 0.174 e. The minimum atomic E-state index is -0.736. The molecule has 2 aliphatic heterocycles. The molecule has 2 aliphatic rings. The number of phenolic OH excluding ortho intramolecular Hbond substituents is 3. The number of carbonyl (C=O) groups is 1. The number of hydrogen-bond donors (Lipinski definition) is 4. The van der Waals surface area contributed by atoms with Crippen LogP contribution in [0.5, 0.6) is 40.2 Å². The van der Waals surface area contributed by atoms with Crippen LogP contribution in [-0.4, -0.2) is 46.0 Å². The van der Waals surface area contributed by atoms with Gasteiger partial charge in [-0.15, -0.1) is 0 Å². The molecule has 0 radical (unpaired) electrons. The molecule has 0 saturated heterocycles. The number of Topliss-reactive ketones (excluding diaryl/α,β-unsaturated/α-hetero) is 1. The number of fused-ring (bicyclic) bond motifs is 2. The lowest BCUT2D eigenvalue weighted by molar-refractivity contribution is -0.0126. The zero-order chi connectivity index (χ0) is 24.0. The van der Waals surface area contributed by atoms with Gasteiger partial charge < -0.3 is 39.4 Å². The van der Waals surface area contributed by atoms with Gasteiger partial charge in [0.2, 0.25) is 0 Å². The first-order chi connectivity index (χ1) is 16.4. The highest BCUT2D eigenvalue weighted by molar-refractivity contribution is 6.02. The van der Waals surface area contributed by atoms with E-state index < -0.39 is 18.3 Å². The number of benzene rings is 3. The monoisotopic (exact) mass is 466 g/mol. The van der Waals surface area contributed by atoms with Crippen molar-refractivity contribution in [2.45, 2.75) is 24.7 Å². The van der Waals surface area contributed by atoms with E-state index >= 15 is 0 Å². The van der Waals surface area contributed by atoms with E-state index in [0.717, 1.165) is 6.07 Å². The van der Waals surface area contributed by atoms with Crippen LogP contribution in [0.3, 0.4) is 0 Å². The molecule has 34 heavy (non-hydrogen) atoms. The molecule has 5 rings (SSSR count). The maximum absolute atomic E-state index is 12.6. The summed E-state index contributed by atoms with van der Waals surface area (Å²) in [5.41, 5.74) is 1.32. The summed E-state index contributed by atoms with van der Waals surface area (Å²) in [5, 5.41) is 39.6. The van der Waals surface area contributed by atoms with Gasteiger partial charge in [-0.1, -0.05) is 12.1 Å². The number of ketones is 1. The number of aromatic hydroxyl groups is 3. The van der Waals surface area contributed by atoms with Gasteiger partial charge in [0.15, 0.2) is 41.0 Å². The van der Waals surface area contributed by atoms with Crippen molar-refractivity contribution in [1.82, 2.24) is 0 Å². The number of rotatable bonds is 4. The van der Waals surface area contributed by atoms with Gasteiger partial charge >= 0.3 is 0 Å². The van der Waals surface area contributed by atoms with Crippen LogP contribution in [0.4, 0.5) is 0 Å². The number of phenols is 3. The fourth-order valence-corrected chi connectivity index (χ4v) is 4.25. The van der Waals surface area contributed by atoms with Gasteiger partial charge in [0.05, 0.1) is 20.1 Å². The molecule has 0 aliphatic carbocycles.